The third-order valence-corrected chi connectivity index (χ3v) is 5.05. The van der Waals surface area contributed by atoms with Crippen molar-refractivity contribution >= 4 is 52.2 Å². The van der Waals surface area contributed by atoms with Crippen molar-refractivity contribution in [1.82, 2.24) is 0 Å². The first-order valence-electron chi connectivity index (χ1n) is 8.04. The van der Waals surface area contributed by atoms with Crippen LogP contribution >= 0.6 is 46.4 Å². The van der Waals surface area contributed by atoms with Gasteiger partial charge in [0.2, 0.25) is 0 Å². The highest BCUT2D eigenvalue weighted by atomic mass is 35.5. The van der Waals surface area contributed by atoms with Crippen molar-refractivity contribution in [3.63, 3.8) is 0 Å². The largest absolute Gasteiger partial charge is 0.505 e. The van der Waals surface area contributed by atoms with Gasteiger partial charge in [-0.2, -0.15) is 5.11 Å². The van der Waals surface area contributed by atoms with E-state index in [2.05, 4.69) is 15.2 Å². The maximum absolute atomic E-state index is 9.86. The Morgan fingerprint density at radius 3 is 2.81 bits per heavy atom. The minimum Gasteiger partial charge on any atom is -0.505 e. The summed E-state index contributed by atoms with van der Waals surface area (Å²) in [5.74, 6) is 0.723. The van der Waals surface area contributed by atoms with E-state index in [1.807, 2.05) is 6.92 Å². The van der Waals surface area contributed by atoms with Crippen molar-refractivity contribution in [3.8, 4) is 5.75 Å². The van der Waals surface area contributed by atoms with Gasteiger partial charge in [0.1, 0.15) is 23.1 Å². The van der Waals surface area contributed by atoms with Crippen molar-refractivity contribution in [3.05, 3.63) is 61.9 Å². The normalized spacial score (nSPS) is 15.7. The number of amidine groups is 1. The number of allylic oxidation sites excluding steroid dienone is 3. The number of azo groups is 1. The van der Waals surface area contributed by atoms with Crippen LogP contribution < -0.4 is 4.74 Å². The summed E-state index contributed by atoms with van der Waals surface area (Å²) in [5.41, 5.74) is 0.869. The number of nitrogens with zero attached hydrogens (tertiary/aromatic N) is 3. The lowest BCUT2D eigenvalue weighted by Crippen LogP contribution is -2.08. The van der Waals surface area contributed by atoms with E-state index in [-0.39, 0.29) is 17.4 Å². The molecule has 1 aliphatic rings. The zero-order valence-electron chi connectivity index (χ0n) is 14.4. The molecular formula is C18H17Cl4N3O2. The van der Waals surface area contributed by atoms with Crippen LogP contribution in [0.15, 0.2) is 67.1 Å². The molecule has 0 spiro atoms. The van der Waals surface area contributed by atoms with Crippen LogP contribution in [0.5, 0.6) is 5.75 Å². The molecule has 0 unspecified atom stereocenters. The number of halogens is 4. The number of hydrogen-bond donors (Lipinski definition) is 1. The number of hydrogen-bond acceptors (Lipinski definition) is 5. The summed E-state index contributed by atoms with van der Waals surface area (Å²) in [7, 11) is 0. The van der Waals surface area contributed by atoms with Crippen LogP contribution in [-0.2, 0) is 0 Å². The Kier molecular flexibility index (Phi) is 8.64. The van der Waals surface area contributed by atoms with E-state index in [0.717, 1.165) is 5.57 Å². The van der Waals surface area contributed by atoms with Crippen molar-refractivity contribution in [2.75, 3.05) is 13.2 Å². The Morgan fingerprint density at radius 1 is 1.30 bits per heavy atom. The van der Waals surface area contributed by atoms with Crippen LogP contribution in [0.4, 0.5) is 0 Å². The molecule has 0 fully saturated rings. The highest BCUT2D eigenvalue weighted by Gasteiger charge is 2.09. The summed E-state index contributed by atoms with van der Waals surface area (Å²) in [6, 6.07) is 5.12. The van der Waals surface area contributed by atoms with Crippen molar-refractivity contribution in [1.29, 1.82) is 0 Å². The van der Waals surface area contributed by atoms with Crippen LogP contribution in [0.1, 0.15) is 19.8 Å². The molecule has 9 heteroatoms. The van der Waals surface area contributed by atoms with Crippen LogP contribution in [0.25, 0.3) is 0 Å². The SMILES string of the molecule is CC/C(Cl)=C(O)\C(Cl)=C/CC1=CN=C(COc2cccc(Cl)c2Cl)N=NC1. The first kappa shape index (κ1) is 21.8. The molecule has 0 aliphatic carbocycles. The molecule has 0 radical (unpaired) electrons. The molecule has 1 N–H and O–H groups in total. The van der Waals surface area contributed by atoms with Crippen LogP contribution in [0, 0.1) is 0 Å². The Labute approximate surface area is 177 Å². The van der Waals surface area contributed by atoms with Crippen molar-refractivity contribution < 1.29 is 9.84 Å². The summed E-state index contributed by atoms with van der Waals surface area (Å²) in [6.45, 7) is 2.28. The molecule has 5 nitrogen and oxygen atoms in total. The molecule has 2 rings (SSSR count). The molecule has 144 valence electrons. The summed E-state index contributed by atoms with van der Waals surface area (Å²) in [4.78, 5) is 4.27. The summed E-state index contributed by atoms with van der Waals surface area (Å²) in [5, 5.41) is 19.2. The molecule has 1 heterocycles. The molecule has 0 aromatic heterocycles. The molecule has 0 bridgehead atoms. The third-order valence-electron chi connectivity index (χ3n) is 3.47. The topological polar surface area (TPSA) is 66.5 Å². The van der Waals surface area contributed by atoms with Gasteiger partial charge in [0, 0.05) is 6.20 Å². The maximum atomic E-state index is 9.86. The second kappa shape index (κ2) is 10.7. The summed E-state index contributed by atoms with van der Waals surface area (Å²) >= 11 is 24.0. The van der Waals surface area contributed by atoms with E-state index < -0.39 is 0 Å². The molecule has 1 aliphatic heterocycles. The lowest BCUT2D eigenvalue weighted by Gasteiger charge is -2.07. The molecule has 0 atom stereocenters. The Balaban J connectivity index is 2.01. The van der Waals surface area contributed by atoms with Gasteiger partial charge in [-0.15, -0.1) is 5.11 Å². The molecule has 0 amide bonds. The van der Waals surface area contributed by atoms with E-state index in [1.165, 1.54) is 0 Å². The monoisotopic (exact) mass is 447 g/mol. The molecule has 27 heavy (non-hydrogen) atoms. The van der Waals surface area contributed by atoms with Crippen LogP contribution in [0.3, 0.4) is 0 Å². The number of rotatable bonds is 7. The Morgan fingerprint density at radius 2 is 2.07 bits per heavy atom. The fourth-order valence-electron chi connectivity index (χ4n) is 1.98. The lowest BCUT2D eigenvalue weighted by molar-refractivity contribution is 0.375. The first-order valence-corrected chi connectivity index (χ1v) is 9.56. The first-order chi connectivity index (χ1) is 12.9. The number of aliphatic hydroxyl groups is 1. The molecule has 1 aromatic rings. The zero-order valence-corrected chi connectivity index (χ0v) is 17.4. The third kappa shape index (κ3) is 6.54. The van der Waals surface area contributed by atoms with Crippen molar-refractivity contribution in [2.24, 2.45) is 15.2 Å². The molecule has 0 saturated carbocycles. The number of ether oxygens (including phenoxy) is 1. The van der Waals surface area contributed by atoms with E-state index in [9.17, 15) is 5.11 Å². The van der Waals surface area contributed by atoms with Gasteiger partial charge in [-0.3, -0.25) is 0 Å². The number of aliphatic imine (C=N–C) groups is 1. The zero-order chi connectivity index (χ0) is 19.8. The highest BCUT2D eigenvalue weighted by molar-refractivity contribution is 6.42. The van der Waals surface area contributed by atoms with Crippen molar-refractivity contribution in [2.45, 2.75) is 19.8 Å². The van der Waals surface area contributed by atoms with Gasteiger partial charge in [0.25, 0.3) is 0 Å². The van der Waals surface area contributed by atoms with Crippen LogP contribution in [-0.4, -0.2) is 24.1 Å². The quantitative estimate of drug-likeness (QED) is 0.358. The lowest BCUT2D eigenvalue weighted by atomic mass is 10.2. The number of benzene rings is 1. The maximum Gasteiger partial charge on any atom is 0.188 e. The minimum atomic E-state index is -0.118. The minimum absolute atomic E-state index is 0.0968. The summed E-state index contributed by atoms with van der Waals surface area (Å²) < 4.78 is 5.60. The predicted molar refractivity (Wildman–Crippen MR) is 112 cm³/mol. The summed E-state index contributed by atoms with van der Waals surface area (Å²) in [6.07, 6.45) is 4.26. The van der Waals surface area contributed by atoms with E-state index in [4.69, 9.17) is 51.1 Å². The molecule has 0 saturated heterocycles. The fourth-order valence-corrected chi connectivity index (χ4v) is 2.66. The van der Waals surface area contributed by atoms with Gasteiger partial charge in [-0.05, 0) is 30.5 Å². The van der Waals surface area contributed by atoms with E-state index in [0.29, 0.717) is 46.0 Å². The second-order valence-electron chi connectivity index (χ2n) is 5.44. The Bertz CT molecular complexity index is 845. The highest BCUT2D eigenvalue weighted by Crippen LogP contribution is 2.31. The van der Waals surface area contributed by atoms with Gasteiger partial charge in [0.05, 0.1) is 21.6 Å². The van der Waals surface area contributed by atoms with E-state index >= 15 is 0 Å². The van der Waals surface area contributed by atoms with Gasteiger partial charge in [-0.1, -0.05) is 65.5 Å². The average Bonchev–Trinajstić information content (AvgIpc) is 2.91. The van der Waals surface area contributed by atoms with Gasteiger partial charge in [-0.25, -0.2) is 4.99 Å². The van der Waals surface area contributed by atoms with Gasteiger partial charge >= 0.3 is 0 Å². The Hall–Kier alpha value is -1.53. The standard InChI is InChI=1S/C18H17Cl4N3O2/c1-2-12(19)18(26)14(21)7-6-11-8-23-16(25-24-9-11)10-27-15-5-3-4-13(20)17(15)22/h3-5,7-8,26H,2,6,9-10H2,1H3/b14-7+,18-12-. The number of aliphatic hydroxyl groups excluding tert-OH is 1. The smallest absolute Gasteiger partial charge is 0.188 e. The second-order valence-corrected chi connectivity index (χ2v) is 7.08. The predicted octanol–water partition coefficient (Wildman–Crippen LogP) is 7.05. The van der Waals surface area contributed by atoms with Gasteiger partial charge < -0.3 is 9.84 Å². The van der Waals surface area contributed by atoms with Crippen LogP contribution in [0.2, 0.25) is 10.0 Å². The molecular weight excluding hydrogens is 432 g/mol. The van der Waals surface area contributed by atoms with E-state index in [1.54, 1.807) is 30.5 Å². The van der Waals surface area contributed by atoms with Gasteiger partial charge in [0.15, 0.2) is 5.84 Å². The average molecular weight is 449 g/mol. The molecule has 1 aromatic carbocycles. The fraction of sp³-hybridized carbons (Fsp3) is 0.278.